The molecule has 0 radical (unpaired) electrons. The van der Waals surface area contributed by atoms with E-state index < -0.39 is 0 Å². The Morgan fingerprint density at radius 2 is 2.00 bits per heavy atom. The van der Waals surface area contributed by atoms with E-state index in [0.29, 0.717) is 11.6 Å². The molecule has 0 amide bonds. The van der Waals surface area contributed by atoms with Crippen LogP contribution in [0.1, 0.15) is 56.2 Å². The number of aromatic nitrogens is 1. The van der Waals surface area contributed by atoms with Crippen molar-refractivity contribution < 1.29 is 4.79 Å². The summed E-state index contributed by atoms with van der Waals surface area (Å²) in [6.07, 6.45) is 1.35. The number of hydrogen-bond acceptors (Lipinski definition) is 3. The number of rotatable bonds is 3. The summed E-state index contributed by atoms with van der Waals surface area (Å²) in [6.45, 7) is 6.66. The Bertz CT molecular complexity index is 873. The maximum atomic E-state index is 12.3. The average molecular weight is 367 g/mol. The summed E-state index contributed by atoms with van der Waals surface area (Å²) in [4.78, 5) is 16.7. The van der Waals surface area contributed by atoms with Crippen molar-refractivity contribution in [2.45, 2.75) is 39.5 Å². The minimum absolute atomic E-state index is 0.223. The Kier molecular flexibility index (Phi) is 5.34. The molecule has 2 heterocycles. The molecule has 3 rings (SSSR count). The molecule has 0 fully saturated rings. The average Bonchev–Trinajstić information content (AvgIpc) is 3.00. The normalized spacial score (nSPS) is 15.6. The molecule has 0 saturated carbocycles. The predicted molar refractivity (Wildman–Crippen MR) is 107 cm³/mol. The lowest BCUT2D eigenvalue weighted by atomic mass is 9.85. The van der Waals surface area contributed by atoms with Crippen LogP contribution in [0.2, 0.25) is 5.15 Å². The zero-order chi connectivity index (χ0) is 18.7. The Balaban J connectivity index is 1.87. The van der Waals surface area contributed by atoms with Gasteiger partial charge in [-0.1, -0.05) is 62.4 Å². The van der Waals surface area contributed by atoms with Crippen molar-refractivity contribution in [2.24, 2.45) is 5.41 Å². The van der Waals surface area contributed by atoms with Gasteiger partial charge >= 0.3 is 0 Å². The van der Waals surface area contributed by atoms with Gasteiger partial charge in [-0.25, -0.2) is 4.98 Å². The molecule has 0 saturated heterocycles. The van der Waals surface area contributed by atoms with Gasteiger partial charge in [0.05, 0.1) is 0 Å². The van der Waals surface area contributed by atoms with Gasteiger partial charge in [0.25, 0.3) is 0 Å². The second-order valence-corrected chi connectivity index (χ2v) is 8.05. The molecule has 1 aromatic heterocycles. The Morgan fingerprint density at radius 3 is 2.69 bits per heavy atom. The van der Waals surface area contributed by atoms with E-state index in [9.17, 15) is 4.79 Å². The highest BCUT2D eigenvalue weighted by Gasteiger charge is 2.29. The molecule has 26 heavy (non-hydrogen) atoms. The van der Waals surface area contributed by atoms with Crippen LogP contribution < -0.4 is 5.32 Å². The first-order valence-electron chi connectivity index (χ1n) is 8.89. The number of hydrogen-bond donors (Lipinski definition) is 1. The first-order chi connectivity index (χ1) is 12.3. The minimum Gasteiger partial charge on any atom is -0.369 e. The van der Waals surface area contributed by atoms with E-state index in [1.807, 2.05) is 57.2 Å². The van der Waals surface area contributed by atoms with Crippen LogP contribution in [0.5, 0.6) is 0 Å². The van der Waals surface area contributed by atoms with Crippen LogP contribution in [0.3, 0.4) is 0 Å². The van der Waals surface area contributed by atoms with Gasteiger partial charge in [-0.15, -0.1) is 0 Å². The van der Waals surface area contributed by atoms with Crippen molar-refractivity contribution in [3.8, 4) is 11.8 Å². The van der Waals surface area contributed by atoms with Crippen molar-refractivity contribution in [2.75, 3.05) is 11.9 Å². The smallest absolute Gasteiger partial charge is 0.138 e. The van der Waals surface area contributed by atoms with E-state index in [-0.39, 0.29) is 17.1 Å². The van der Waals surface area contributed by atoms with Gasteiger partial charge in [-0.05, 0) is 24.6 Å². The SMILES string of the molecule is CC(C)(C)C(=O)CCC1CNc2nc(Cl)cc(C#Cc3ccccc3)c21. The predicted octanol–water partition coefficient (Wildman–Crippen LogP) is 5.04. The molecule has 0 aliphatic carbocycles. The number of nitrogens with one attached hydrogen (secondary N) is 1. The molecule has 1 atom stereocenters. The molecule has 4 heteroatoms. The van der Waals surface area contributed by atoms with Crippen LogP contribution in [0.15, 0.2) is 36.4 Å². The Labute approximate surface area is 160 Å². The van der Waals surface area contributed by atoms with E-state index >= 15 is 0 Å². The van der Waals surface area contributed by atoms with Gasteiger partial charge < -0.3 is 5.32 Å². The minimum atomic E-state index is -0.303. The van der Waals surface area contributed by atoms with Crippen LogP contribution in [0.25, 0.3) is 0 Å². The van der Waals surface area contributed by atoms with Crippen LogP contribution in [0, 0.1) is 17.3 Å². The standard InChI is InChI=1S/C22H23ClN2O/c1-22(2,3)18(26)12-11-17-14-24-21-20(17)16(13-19(23)25-21)10-9-15-7-5-4-6-8-15/h4-8,13,17H,11-12,14H2,1-3H3,(H,24,25). The van der Waals surface area contributed by atoms with E-state index in [1.165, 1.54) is 0 Å². The number of Topliss-reactive ketones (excluding diaryl/α,β-unsaturated/α-hetero) is 1. The molecular weight excluding hydrogens is 344 g/mol. The number of benzene rings is 1. The van der Waals surface area contributed by atoms with E-state index in [1.54, 1.807) is 0 Å². The lowest BCUT2D eigenvalue weighted by molar-refractivity contribution is -0.126. The lowest BCUT2D eigenvalue weighted by Gasteiger charge is -2.18. The molecule has 1 aliphatic rings. The number of nitrogens with zero attached hydrogens (tertiary/aromatic N) is 1. The highest BCUT2D eigenvalue weighted by molar-refractivity contribution is 6.29. The molecule has 1 aliphatic heterocycles. The zero-order valence-corrected chi connectivity index (χ0v) is 16.2. The summed E-state index contributed by atoms with van der Waals surface area (Å²) in [5.41, 5.74) is 2.63. The highest BCUT2D eigenvalue weighted by Crippen LogP contribution is 2.37. The third-order valence-corrected chi connectivity index (χ3v) is 4.82. The number of carbonyl (C=O) groups is 1. The number of fused-ring (bicyclic) bond motifs is 1. The van der Waals surface area contributed by atoms with Crippen LogP contribution >= 0.6 is 11.6 Å². The molecule has 3 nitrogen and oxygen atoms in total. The number of pyridine rings is 1. The number of halogens is 1. The fourth-order valence-corrected chi connectivity index (χ4v) is 3.28. The monoisotopic (exact) mass is 366 g/mol. The van der Waals surface area contributed by atoms with Crippen LogP contribution in [-0.2, 0) is 4.79 Å². The van der Waals surface area contributed by atoms with E-state index in [2.05, 4.69) is 22.1 Å². The van der Waals surface area contributed by atoms with Crippen molar-refractivity contribution in [3.05, 3.63) is 58.2 Å². The Hall–Kier alpha value is -2.31. The maximum Gasteiger partial charge on any atom is 0.138 e. The number of carbonyl (C=O) groups excluding carboxylic acids is 1. The summed E-state index contributed by atoms with van der Waals surface area (Å²) in [5, 5.41) is 3.75. The highest BCUT2D eigenvalue weighted by atomic mass is 35.5. The summed E-state index contributed by atoms with van der Waals surface area (Å²) >= 11 is 6.17. The largest absolute Gasteiger partial charge is 0.369 e. The van der Waals surface area contributed by atoms with Gasteiger partial charge in [-0.2, -0.15) is 0 Å². The van der Waals surface area contributed by atoms with Crippen molar-refractivity contribution >= 4 is 23.2 Å². The molecule has 0 spiro atoms. The first-order valence-corrected chi connectivity index (χ1v) is 9.27. The zero-order valence-electron chi connectivity index (χ0n) is 15.4. The number of ketones is 1. The second-order valence-electron chi connectivity index (χ2n) is 7.66. The maximum absolute atomic E-state index is 12.3. The van der Waals surface area contributed by atoms with Gasteiger partial charge in [0.15, 0.2) is 0 Å². The van der Waals surface area contributed by atoms with Gasteiger partial charge in [0.2, 0.25) is 0 Å². The summed E-state index contributed by atoms with van der Waals surface area (Å²) < 4.78 is 0. The summed E-state index contributed by atoms with van der Waals surface area (Å²) in [6, 6.07) is 11.7. The van der Waals surface area contributed by atoms with Gasteiger partial charge in [0, 0.05) is 41.0 Å². The summed E-state index contributed by atoms with van der Waals surface area (Å²) in [7, 11) is 0. The molecule has 2 aromatic rings. The van der Waals surface area contributed by atoms with E-state index in [0.717, 1.165) is 35.5 Å². The first kappa shape index (κ1) is 18.5. The third kappa shape index (κ3) is 4.26. The molecule has 1 aromatic carbocycles. The second kappa shape index (κ2) is 7.51. The Morgan fingerprint density at radius 1 is 1.27 bits per heavy atom. The summed E-state index contributed by atoms with van der Waals surface area (Å²) in [5.74, 6) is 7.75. The molecule has 1 N–H and O–H groups in total. The topological polar surface area (TPSA) is 42.0 Å². The lowest BCUT2D eigenvalue weighted by Crippen LogP contribution is -2.20. The van der Waals surface area contributed by atoms with Gasteiger partial charge in [-0.3, -0.25) is 4.79 Å². The van der Waals surface area contributed by atoms with Gasteiger partial charge in [0.1, 0.15) is 16.8 Å². The molecule has 0 bridgehead atoms. The molecule has 1 unspecified atom stereocenters. The quantitative estimate of drug-likeness (QED) is 0.611. The number of anilines is 1. The fourth-order valence-electron chi connectivity index (χ4n) is 3.08. The third-order valence-electron chi connectivity index (χ3n) is 4.62. The van der Waals surface area contributed by atoms with Crippen LogP contribution in [0.4, 0.5) is 5.82 Å². The van der Waals surface area contributed by atoms with Crippen LogP contribution in [-0.4, -0.2) is 17.3 Å². The van der Waals surface area contributed by atoms with Crippen molar-refractivity contribution in [3.63, 3.8) is 0 Å². The fraction of sp³-hybridized carbons (Fsp3) is 0.364. The van der Waals surface area contributed by atoms with Crippen molar-refractivity contribution in [1.29, 1.82) is 0 Å². The molecule has 134 valence electrons. The van der Waals surface area contributed by atoms with E-state index in [4.69, 9.17) is 11.6 Å². The molecular formula is C22H23ClN2O. The van der Waals surface area contributed by atoms with Crippen molar-refractivity contribution in [1.82, 2.24) is 4.98 Å².